The van der Waals surface area contributed by atoms with E-state index in [9.17, 15) is 14.4 Å². The zero-order chi connectivity index (χ0) is 19.2. The number of para-hydroxylation sites is 1. The minimum Gasteiger partial charge on any atom is -0.454 e. The Kier molecular flexibility index (Phi) is 6.13. The molecule has 2 aromatic rings. The van der Waals surface area contributed by atoms with Crippen LogP contribution in [0, 0.1) is 0 Å². The number of likely N-dealkylation sites (N-methyl/N-ethyl adjacent to an activating group) is 1. The second-order valence-corrected chi connectivity index (χ2v) is 7.15. The molecule has 0 aliphatic carbocycles. The van der Waals surface area contributed by atoms with Crippen LogP contribution >= 0.6 is 11.8 Å². The van der Waals surface area contributed by atoms with Crippen molar-refractivity contribution in [3.8, 4) is 0 Å². The number of hydrogen-bond donors (Lipinski definition) is 0. The second kappa shape index (κ2) is 8.73. The van der Waals surface area contributed by atoms with Crippen molar-refractivity contribution in [2.75, 3.05) is 30.9 Å². The Morgan fingerprint density at radius 1 is 1.11 bits per heavy atom. The molecule has 3 rings (SSSR count). The largest absolute Gasteiger partial charge is 0.454 e. The van der Waals surface area contributed by atoms with E-state index in [-0.39, 0.29) is 30.7 Å². The summed E-state index contributed by atoms with van der Waals surface area (Å²) >= 11 is 1.45. The Bertz CT molecular complexity index is 841. The van der Waals surface area contributed by atoms with Crippen molar-refractivity contribution in [1.29, 1.82) is 0 Å². The first kappa shape index (κ1) is 19.0. The smallest absolute Gasteiger partial charge is 0.326 e. The SMILES string of the molecule is CN(Cc1ccccc1)C(=O)COC(=O)CN1C(=O)CSc2ccccc21. The zero-order valence-corrected chi connectivity index (χ0v) is 15.8. The highest BCUT2D eigenvalue weighted by atomic mass is 32.2. The quantitative estimate of drug-likeness (QED) is 0.715. The maximum Gasteiger partial charge on any atom is 0.326 e. The van der Waals surface area contributed by atoms with Gasteiger partial charge >= 0.3 is 5.97 Å². The van der Waals surface area contributed by atoms with Crippen LogP contribution in [0.2, 0.25) is 0 Å². The fourth-order valence-corrected chi connectivity index (χ4v) is 3.64. The normalized spacial score (nSPS) is 13.1. The van der Waals surface area contributed by atoms with E-state index in [1.165, 1.54) is 21.6 Å². The number of thioether (sulfide) groups is 1. The first-order chi connectivity index (χ1) is 13.0. The summed E-state index contributed by atoms with van der Waals surface area (Å²) in [6, 6.07) is 17.0. The molecule has 140 valence electrons. The van der Waals surface area contributed by atoms with E-state index in [1.807, 2.05) is 48.5 Å². The second-order valence-electron chi connectivity index (χ2n) is 6.13. The Morgan fingerprint density at radius 2 is 1.81 bits per heavy atom. The maximum atomic E-state index is 12.2. The standard InChI is InChI=1S/C20H20N2O4S/c1-21(11-15-7-3-2-4-8-15)18(23)13-26-20(25)12-22-16-9-5-6-10-17(16)27-14-19(22)24/h2-10H,11-14H2,1H3. The molecular weight excluding hydrogens is 364 g/mol. The van der Waals surface area contributed by atoms with Crippen molar-refractivity contribution in [2.24, 2.45) is 0 Å². The van der Waals surface area contributed by atoms with Crippen molar-refractivity contribution in [3.63, 3.8) is 0 Å². The lowest BCUT2D eigenvalue weighted by atomic mass is 10.2. The van der Waals surface area contributed by atoms with Gasteiger partial charge in [-0.15, -0.1) is 11.8 Å². The molecule has 0 atom stereocenters. The van der Waals surface area contributed by atoms with Gasteiger partial charge in [-0.3, -0.25) is 19.3 Å². The van der Waals surface area contributed by atoms with Gasteiger partial charge in [0.25, 0.3) is 5.91 Å². The summed E-state index contributed by atoms with van der Waals surface area (Å²) in [5.74, 6) is -0.772. The number of benzene rings is 2. The number of rotatable bonds is 6. The Hall–Kier alpha value is -2.80. The van der Waals surface area contributed by atoms with Crippen molar-refractivity contribution in [2.45, 2.75) is 11.4 Å². The Morgan fingerprint density at radius 3 is 2.59 bits per heavy atom. The van der Waals surface area contributed by atoms with Gasteiger partial charge < -0.3 is 9.64 Å². The van der Waals surface area contributed by atoms with Crippen LogP contribution in [0.4, 0.5) is 5.69 Å². The summed E-state index contributed by atoms with van der Waals surface area (Å²) in [6.45, 7) is -0.112. The highest BCUT2D eigenvalue weighted by Gasteiger charge is 2.27. The molecule has 2 aromatic carbocycles. The summed E-state index contributed by atoms with van der Waals surface area (Å²) in [7, 11) is 1.66. The predicted octanol–water partition coefficient (Wildman–Crippen LogP) is 2.33. The molecule has 6 nitrogen and oxygen atoms in total. The van der Waals surface area contributed by atoms with Gasteiger partial charge in [0, 0.05) is 18.5 Å². The number of carbonyl (C=O) groups excluding carboxylic acids is 3. The molecule has 0 radical (unpaired) electrons. The molecule has 0 unspecified atom stereocenters. The third-order valence-corrected chi connectivity index (χ3v) is 5.19. The van der Waals surface area contributed by atoms with E-state index in [0.29, 0.717) is 12.2 Å². The van der Waals surface area contributed by atoms with Gasteiger partial charge in [0.2, 0.25) is 5.91 Å². The van der Waals surface area contributed by atoms with Gasteiger partial charge in [-0.1, -0.05) is 42.5 Å². The molecule has 1 aliphatic heterocycles. The highest BCUT2D eigenvalue weighted by molar-refractivity contribution is 8.00. The Balaban J connectivity index is 1.52. The lowest BCUT2D eigenvalue weighted by Crippen LogP contribution is -2.40. The summed E-state index contributed by atoms with van der Waals surface area (Å²) in [5, 5.41) is 0. The van der Waals surface area contributed by atoms with Crippen LogP contribution in [0.1, 0.15) is 5.56 Å². The monoisotopic (exact) mass is 384 g/mol. The minimum atomic E-state index is -0.605. The molecule has 7 heteroatoms. The summed E-state index contributed by atoms with van der Waals surface area (Å²) in [6.07, 6.45) is 0. The third kappa shape index (κ3) is 4.89. The molecule has 0 aromatic heterocycles. The number of esters is 1. The maximum absolute atomic E-state index is 12.2. The van der Waals surface area contributed by atoms with Crippen LogP contribution in [-0.4, -0.2) is 48.6 Å². The molecule has 2 amide bonds. The van der Waals surface area contributed by atoms with Crippen LogP contribution in [0.5, 0.6) is 0 Å². The van der Waals surface area contributed by atoms with Crippen molar-refractivity contribution in [3.05, 3.63) is 60.2 Å². The topological polar surface area (TPSA) is 66.9 Å². The van der Waals surface area contributed by atoms with E-state index in [1.54, 1.807) is 13.1 Å². The molecule has 0 fully saturated rings. The molecule has 0 spiro atoms. The number of carbonyl (C=O) groups is 3. The average Bonchev–Trinajstić information content (AvgIpc) is 2.69. The van der Waals surface area contributed by atoms with Gasteiger partial charge in [-0.25, -0.2) is 0 Å². The molecule has 0 bridgehead atoms. The van der Waals surface area contributed by atoms with Gasteiger partial charge in [-0.2, -0.15) is 0 Å². The Labute approximate surface area is 162 Å². The fraction of sp³-hybridized carbons (Fsp3) is 0.250. The molecular formula is C20H20N2O4S. The lowest BCUT2D eigenvalue weighted by molar-refractivity contribution is -0.150. The van der Waals surface area contributed by atoms with E-state index in [2.05, 4.69) is 0 Å². The number of anilines is 1. The zero-order valence-electron chi connectivity index (χ0n) is 15.0. The molecule has 0 N–H and O–H groups in total. The van der Waals surface area contributed by atoms with Gasteiger partial charge in [-0.05, 0) is 17.7 Å². The number of nitrogens with zero attached hydrogens (tertiary/aromatic N) is 2. The van der Waals surface area contributed by atoms with Crippen LogP contribution in [0.3, 0.4) is 0 Å². The first-order valence-corrected chi connectivity index (χ1v) is 9.49. The molecule has 0 saturated heterocycles. The third-order valence-electron chi connectivity index (χ3n) is 4.14. The van der Waals surface area contributed by atoms with E-state index >= 15 is 0 Å². The first-order valence-electron chi connectivity index (χ1n) is 8.50. The molecule has 27 heavy (non-hydrogen) atoms. The summed E-state index contributed by atoms with van der Waals surface area (Å²) in [4.78, 5) is 40.4. The number of hydrogen-bond acceptors (Lipinski definition) is 5. The van der Waals surface area contributed by atoms with E-state index in [4.69, 9.17) is 4.74 Å². The van der Waals surface area contributed by atoms with Crippen molar-refractivity contribution in [1.82, 2.24) is 4.90 Å². The fourth-order valence-electron chi connectivity index (χ4n) is 2.70. The number of fused-ring (bicyclic) bond motifs is 1. The van der Waals surface area contributed by atoms with Crippen LogP contribution < -0.4 is 4.90 Å². The van der Waals surface area contributed by atoms with Crippen LogP contribution in [0.25, 0.3) is 0 Å². The number of ether oxygens (including phenoxy) is 1. The molecule has 1 heterocycles. The average molecular weight is 384 g/mol. The number of amides is 2. The predicted molar refractivity (Wildman–Crippen MR) is 103 cm³/mol. The van der Waals surface area contributed by atoms with Crippen LogP contribution in [-0.2, 0) is 25.7 Å². The summed E-state index contributed by atoms with van der Waals surface area (Å²) in [5.41, 5.74) is 1.69. The van der Waals surface area contributed by atoms with Gasteiger partial charge in [0.15, 0.2) is 6.61 Å². The van der Waals surface area contributed by atoms with E-state index < -0.39 is 5.97 Å². The van der Waals surface area contributed by atoms with Crippen molar-refractivity contribution >= 4 is 35.2 Å². The van der Waals surface area contributed by atoms with Crippen LogP contribution in [0.15, 0.2) is 59.5 Å². The molecule has 1 aliphatic rings. The minimum absolute atomic E-state index is 0.150. The van der Waals surface area contributed by atoms with Gasteiger partial charge in [0.1, 0.15) is 6.54 Å². The van der Waals surface area contributed by atoms with E-state index in [0.717, 1.165) is 10.5 Å². The highest BCUT2D eigenvalue weighted by Crippen LogP contribution is 2.34. The van der Waals surface area contributed by atoms with Crippen molar-refractivity contribution < 1.29 is 19.1 Å². The van der Waals surface area contributed by atoms with Gasteiger partial charge in [0.05, 0.1) is 11.4 Å². The summed E-state index contributed by atoms with van der Waals surface area (Å²) < 4.78 is 5.10. The lowest BCUT2D eigenvalue weighted by Gasteiger charge is -2.28. The molecule has 0 saturated carbocycles.